The molecule has 0 spiro atoms. The lowest BCUT2D eigenvalue weighted by Gasteiger charge is -2.28. The van der Waals surface area contributed by atoms with Gasteiger partial charge < -0.3 is 4.74 Å². The molecule has 0 amide bonds. The monoisotopic (exact) mass is 322 g/mol. The minimum atomic E-state index is -0.945. The Labute approximate surface area is 134 Å². The molecule has 0 N–H and O–H groups in total. The summed E-state index contributed by atoms with van der Waals surface area (Å²) in [5.41, 5.74) is 0.127. The van der Waals surface area contributed by atoms with Crippen molar-refractivity contribution in [3.63, 3.8) is 0 Å². The number of pyridine rings is 1. The third kappa shape index (κ3) is 3.78. The van der Waals surface area contributed by atoms with Crippen molar-refractivity contribution in [1.82, 2.24) is 4.98 Å². The van der Waals surface area contributed by atoms with Gasteiger partial charge >= 0.3 is 0 Å². The van der Waals surface area contributed by atoms with Gasteiger partial charge in [0.15, 0.2) is 0 Å². The summed E-state index contributed by atoms with van der Waals surface area (Å²) >= 11 is 12.2. The van der Waals surface area contributed by atoms with Crippen LogP contribution in [0.5, 0.6) is 0 Å². The molecule has 5 heteroatoms. The van der Waals surface area contributed by atoms with Crippen molar-refractivity contribution in [2.24, 2.45) is 0 Å². The molecule has 0 aliphatic heterocycles. The lowest BCUT2D eigenvalue weighted by molar-refractivity contribution is 0.155. The van der Waals surface area contributed by atoms with Gasteiger partial charge in [-0.05, 0) is 30.2 Å². The lowest BCUT2D eigenvalue weighted by atomic mass is 9.81. The molecule has 0 radical (unpaired) electrons. The Hall–Kier alpha value is -1.50. The highest BCUT2D eigenvalue weighted by atomic mass is 35.5. The first-order valence-corrected chi connectivity index (χ1v) is 7.48. The van der Waals surface area contributed by atoms with Gasteiger partial charge in [0.05, 0.1) is 11.8 Å². The average Bonchev–Trinajstić information content (AvgIpc) is 2.49. The van der Waals surface area contributed by atoms with Crippen molar-refractivity contribution >= 4 is 23.2 Å². The molecule has 110 valence electrons. The van der Waals surface area contributed by atoms with E-state index in [2.05, 4.69) is 11.1 Å². The number of aromatic nitrogens is 1. The van der Waals surface area contributed by atoms with E-state index < -0.39 is 9.75 Å². The summed E-state index contributed by atoms with van der Waals surface area (Å²) in [6, 6.07) is 6.08. The average molecular weight is 323 g/mol. The fourth-order valence-electron chi connectivity index (χ4n) is 2.17. The first-order chi connectivity index (χ1) is 10.0. The summed E-state index contributed by atoms with van der Waals surface area (Å²) in [5, 5.41) is 9.62. The largest absolute Gasteiger partial charge is 0.496 e. The highest BCUT2D eigenvalue weighted by Crippen LogP contribution is 2.35. The number of nitriles is 1. The van der Waals surface area contributed by atoms with E-state index in [1.54, 1.807) is 24.5 Å². The molecule has 1 aliphatic carbocycles. The van der Waals surface area contributed by atoms with E-state index in [0.717, 1.165) is 5.56 Å². The van der Waals surface area contributed by atoms with Crippen LogP contribution in [-0.2, 0) is 10.2 Å². The Morgan fingerprint density at radius 3 is 2.90 bits per heavy atom. The molecule has 0 aromatic carbocycles. The van der Waals surface area contributed by atoms with Gasteiger partial charge in [0.25, 0.3) is 0 Å². The first kappa shape index (κ1) is 15.9. The van der Waals surface area contributed by atoms with E-state index >= 15 is 0 Å². The van der Waals surface area contributed by atoms with Crippen LogP contribution in [0.2, 0.25) is 0 Å². The van der Waals surface area contributed by atoms with Crippen LogP contribution >= 0.6 is 23.2 Å². The molecule has 1 aromatic rings. The number of ether oxygens (including phenoxy) is 1. The molecule has 0 fully saturated rings. The zero-order chi connectivity index (χ0) is 15.3. The van der Waals surface area contributed by atoms with Crippen LogP contribution in [0.1, 0.15) is 25.3 Å². The highest BCUT2D eigenvalue weighted by Gasteiger charge is 2.33. The first-order valence-electron chi connectivity index (χ1n) is 6.72. The predicted molar refractivity (Wildman–Crippen MR) is 84.0 cm³/mol. The van der Waals surface area contributed by atoms with Crippen molar-refractivity contribution in [3.8, 4) is 6.07 Å². The molecule has 1 aliphatic rings. The second-order valence-electron chi connectivity index (χ2n) is 5.01. The molecule has 1 aromatic heterocycles. The number of nitrogens with zero attached hydrogens (tertiary/aromatic N) is 2. The smallest absolute Gasteiger partial charge is 0.143 e. The molecule has 2 rings (SSSR count). The summed E-state index contributed by atoms with van der Waals surface area (Å²) < 4.78 is 4.87. The standard InChI is InChI=1S/C16H16Cl2N2O/c1-2-15(11-19,13-5-4-8-20-10-13)12-21-14-6-3-7-16(17,18)9-14/h3-8,10H,2,9,12H2,1H3. The summed E-state index contributed by atoms with van der Waals surface area (Å²) in [6.07, 6.45) is 9.72. The molecule has 1 unspecified atom stereocenters. The quantitative estimate of drug-likeness (QED) is 0.760. The van der Waals surface area contributed by atoms with Crippen LogP contribution in [0.4, 0.5) is 0 Å². The summed E-state index contributed by atoms with van der Waals surface area (Å²) in [5.74, 6) is 0.680. The van der Waals surface area contributed by atoms with Gasteiger partial charge in [-0.15, -0.1) is 0 Å². The van der Waals surface area contributed by atoms with Crippen LogP contribution in [0.15, 0.2) is 48.5 Å². The molecule has 0 saturated carbocycles. The van der Waals surface area contributed by atoms with Crippen molar-refractivity contribution in [2.75, 3.05) is 6.61 Å². The minimum absolute atomic E-state index is 0.245. The van der Waals surface area contributed by atoms with Crippen LogP contribution in [-0.4, -0.2) is 15.9 Å². The molecular formula is C16H16Cl2N2O. The van der Waals surface area contributed by atoms with E-state index in [1.807, 2.05) is 25.1 Å². The van der Waals surface area contributed by atoms with Crippen LogP contribution in [0.25, 0.3) is 0 Å². The summed E-state index contributed by atoms with van der Waals surface area (Å²) in [6.45, 7) is 2.21. The SMILES string of the molecule is CCC(C#N)(COC1=CC=CC(Cl)(Cl)C1)c1cccnc1. The zero-order valence-electron chi connectivity index (χ0n) is 11.7. The molecule has 1 atom stereocenters. The van der Waals surface area contributed by atoms with E-state index in [4.69, 9.17) is 27.9 Å². The van der Waals surface area contributed by atoms with Gasteiger partial charge in [0.2, 0.25) is 0 Å². The van der Waals surface area contributed by atoms with Crippen LogP contribution in [0, 0.1) is 11.3 Å². The maximum absolute atomic E-state index is 9.62. The Morgan fingerprint density at radius 1 is 1.52 bits per heavy atom. The number of halogens is 2. The molecule has 21 heavy (non-hydrogen) atoms. The number of hydrogen-bond acceptors (Lipinski definition) is 3. The zero-order valence-corrected chi connectivity index (χ0v) is 13.2. The second-order valence-corrected chi connectivity index (χ2v) is 6.55. The van der Waals surface area contributed by atoms with Crippen molar-refractivity contribution in [3.05, 3.63) is 54.1 Å². The van der Waals surface area contributed by atoms with Gasteiger partial charge in [-0.3, -0.25) is 4.98 Å². The Balaban J connectivity index is 2.14. The van der Waals surface area contributed by atoms with Gasteiger partial charge in [-0.25, -0.2) is 0 Å². The van der Waals surface area contributed by atoms with E-state index in [-0.39, 0.29) is 6.61 Å². The van der Waals surface area contributed by atoms with Crippen LogP contribution in [0.3, 0.4) is 0 Å². The fourth-order valence-corrected chi connectivity index (χ4v) is 2.58. The van der Waals surface area contributed by atoms with Crippen molar-refractivity contribution < 1.29 is 4.74 Å². The normalized spacial score (nSPS) is 19.2. The number of rotatable bonds is 5. The summed E-state index contributed by atoms with van der Waals surface area (Å²) in [4.78, 5) is 4.09. The fraction of sp³-hybridized carbons (Fsp3) is 0.375. The van der Waals surface area contributed by atoms with Gasteiger partial charge in [-0.1, -0.05) is 42.3 Å². The Morgan fingerprint density at radius 2 is 2.33 bits per heavy atom. The number of alkyl halides is 2. The maximum atomic E-state index is 9.62. The maximum Gasteiger partial charge on any atom is 0.143 e. The molecule has 1 heterocycles. The van der Waals surface area contributed by atoms with Crippen LogP contribution < -0.4 is 0 Å². The lowest BCUT2D eigenvalue weighted by Crippen LogP contribution is -2.30. The number of allylic oxidation sites excluding steroid dienone is 4. The van der Waals surface area contributed by atoms with E-state index in [9.17, 15) is 5.26 Å². The van der Waals surface area contributed by atoms with Crippen molar-refractivity contribution in [1.29, 1.82) is 5.26 Å². The van der Waals surface area contributed by atoms with Crippen molar-refractivity contribution in [2.45, 2.75) is 29.5 Å². The Bertz CT molecular complexity index is 590. The predicted octanol–water partition coefficient (Wildman–Crippen LogP) is 4.29. The number of hydrogen-bond donors (Lipinski definition) is 0. The molecule has 3 nitrogen and oxygen atoms in total. The molecule has 0 saturated heterocycles. The molecular weight excluding hydrogens is 307 g/mol. The summed E-state index contributed by atoms with van der Waals surface area (Å²) in [7, 11) is 0. The van der Waals surface area contributed by atoms with Gasteiger partial charge in [-0.2, -0.15) is 5.26 Å². The molecule has 0 bridgehead atoms. The Kier molecular flexibility index (Phi) is 4.92. The third-order valence-corrected chi connectivity index (χ3v) is 4.09. The van der Waals surface area contributed by atoms with E-state index in [0.29, 0.717) is 18.6 Å². The van der Waals surface area contributed by atoms with Gasteiger partial charge in [0, 0.05) is 18.8 Å². The minimum Gasteiger partial charge on any atom is -0.496 e. The van der Waals surface area contributed by atoms with E-state index in [1.165, 1.54) is 0 Å². The second kappa shape index (κ2) is 6.51. The van der Waals surface area contributed by atoms with Gasteiger partial charge in [0.1, 0.15) is 16.4 Å². The third-order valence-electron chi connectivity index (χ3n) is 3.57. The topological polar surface area (TPSA) is 45.9 Å². The highest BCUT2D eigenvalue weighted by molar-refractivity contribution is 6.50.